The summed E-state index contributed by atoms with van der Waals surface area (Å²) in [4.78, 5) is 20.5. The van der Waals surface area contributed by atoms with Gasteiger partial charge in [0.2, 0.25) is 10.9 Å². The molecule has 1 rings (SSSR count). The highest BCUT2D eigenvalue weighted by Crippen LogP contribution is 1.85. The van der Waals surface area contributed by atoms with E-state index in [1.54, 1.807) is 0 Å². The minimum absolute atomic E-state index is 0.299. The molecule has 2 heteroatoms. The lowest BCUT2D eigenvalue weighted by atomic mass is 10.1. The Morgan fingerprint density at radius 3 is 2.25 bits per heavy atom. The molecular formula is C6H6O2. The average Bonchev–Trinajstić information content (AvgIpc) is 1.81. The molecule has 0 N–H and O–H groups in total. The highest BCUT2D eigenvalue weighted by Gasteiger charge is 2.04. The van der Waals surface area contributed by atoms with E-state index in [0.29, 0.717) is 12.0 Å². The second kappa shape index (κ2) is 1.54. The molecule has 0 heterocycles. The van der Waals surface area contributed by atoms with Crippen molar-refractivity contribution in [2.24, 2.45) is 0 Å². The lowest BCUT2D eigenvalue weighted by Crippen LogP contribution is -2.32. The summed E-state index contributed by atoms with van der Waals surface area (Å²) in [6, 6.07) is 1.39. The Bertz CT molecular complexity index is 253. The smallest absolute Gasteiger partial charge is 0.229 e. The first-order valence-corrected chi connectivity index (χ1v) is 2.55. The van der Waals surface area contributed by atoms with Crippen LogP contribution in [0.5, 0.6) is 0 Å². The van der Waals surface area contributed by atoms with Gasteiger partial charge in [-0.15, -0.1) is 0 Å². The van der Waals surface area contributed by atoms with Crippen LogP contribution in [0.4, 0.5) is 0 Å². The van der Waals surface area contributed by atoms with Gasteiger partial charge >= 0.3 is 0 Å². The van der Waals surface area contributed by atoms with Crippen molar-refractivity contribution >= 4 is 0 Å². The van der Waals surface area contributed by atoms with E-state index in [4.69, 9.17) is 0 Å². The van der Waals surface area contributed by atoms with Gasteiger partial charge in [-0.1, -0.05) is 6.92 Å². The zero-order chi connectivity index (χ0) is 6.15. The molecule has 0 aromatic heterocycles. The molecule has 1 aromatic carbocycles. The molecule has 0 unspecified atom stereocenters. The molecule has 8 heavy (non-hydrogen) atoms. The minimum atomic E-state index is -0.346. The zero-order valence-electron chi connectivity index (χ0n) is 4.60. The third-order valence-electron chi connectivity index (χ3n) is 1.20. The molecule has 0 radical (unpaired) electrons. The van der Waals surface area contributed by atoms with Crippen molar-refractivity contribution in [1.82, 2.24) is 0 Å². The Hall–Kier alpha value is -0.920. The van der Waals surface area contributed by atoms with Crippen LogP contribution in [0.1, 0.15) is 12.5 Å². The molecule has 0 atom stereocenters. The van der Waals surface area contributed by atoms with Gasteiger partial charge in [-0.05, 0) is 12.5 Å². The molecule has 0 aliphatic carbocycles. The summed E-state index contributed by atoms with van der Waals surface area (Å²) in [5.74, 6) is 0. The van der Waals surface area contributed by atoms with Crippen molar-refractivity contribution in [2.75, 3.05) is 0 Å². The Kier molecular flexibility index (Phi) is 1.01. The molecule has 0 amide bonds. The summed E-state index contributed by atoms with van der Waals surface area (Å²) in [6.45, 7) is 1.86. The van der Waals surface area contributed by atoms with Gasteiger partial charge in [0.05, 0.1) is 0 Å². The van der Waals surface area contributed by atoms with E-state index in [9.17, 15) is 9.59 Å². The predicted molar refractivity (Wildman–Crippen MR) is 30.7 cm³/mol. The van der Waals surface area contributed by atoms with Crippen molar-refractivity contribution < 1.29 is 0 Å². The quantitative estimate of drug-likeness (QED) is 0.471. The van der Waals surface area contributed by atoms with Crippen molar-refractivity contribution in [3.05, 3.63) is 32.1 Å². The normalized spacial score (nSPS) is 10.1. The molecule has 42 valence electrons. The fraction of sp³-hybridized carbons (Fsp3) is 0.333. The predicted octanol–water partition coefficient (Wildman–Crippen LogP) is -0.155. The van der Waals surface area contributed by atoms with Gasteiger partial charge in [-0.3, -0.25) is 9.59 Å². The zero-order valence-corrected chi connectivity index (χ0v) is 4.60. The van der Waals surface area contributed by atoms with E-state index in [0.717, 1.165) is 0 Å². The van der Waals surface area contributed by atoms with Gasteiger partial charge in [-0.25, -0.2) is 0 Å². The summed E-state index contributed by atoms with van der Waals surface area (Å²) in [5.41, 5.74) is 0.0179. The maximum Gasteiger partial charge on any atom is 0.229 e. The summed E-state index contributed by atoms with van der Waals surface area (Å²) in [5, 5.41) is 0. The highest BCUT2D eigenvalue weighted by atomic mass is 16.2. The van der Waals surface area contributed by atoms with E-state index < -0.39 is 0 Å². The summed E-state index contributed by atoms with van der Waals surface area (Å²) >= 11 is 0. The summed E-state index contributed by atoms with van der Waals surface area (Å²) < 4.78 is 0. The number of hydrogen-bond donors (Lipinski definition) is 0. The van der Waals surface area contributed by atoms with Crippen LogP contribution in [0.3, 0.4) is 0 Å². The molecule has 0 bridgehead atoms. The Labute approximate surface area is 46.5 Å². The summed E-state index contributed by atoms with van der Waals surface area (Å²) in [7, 11) is 0. The van der Waals surface area contributed by atoms with E-state index >= 15 is 0 Å². The maximum atomic E-state index is 10.4. The maximum absolute atomic E-state index is 10.4. The van der Waals surface area contributed by atoms with Crippen LogP contribution < -0.4 is 10.9 Å². The van der Waals surface area contributed by atoms with Crippen LogP contribution in [-0.4, -0.2) is 0 Å². The monoisotopic (exact) mass is 110 g/mol. The van der Waals surface area contributed by atoms with E-state index in [1.807, 2.05) is 6.92 Å². The van der Waals surface area contributed by atoms with Crippen molar-refractivity contribution in [3.63, 3.8) is 0 Å². The van der Waals surface area contributed by atoms with Crippen LogP contribution in [-0.2, 0) is 6.42 Å². The first kappa shape index (κ1) is 5.22. The van der Waals surface area contributed by atoms with Gasteiger partial charge in [0, 0.05) is 5.56 Å². The lowest BCUT2D eigenvalue weighted by Gasteiger charge is -1.91. The first-order valence-electron chi connectivity index (χ1n) is 2.55. The van der Waals surface area contributed by atoms with Crippen LogP contribution in [0.2, 0.25) is 0 Å². The molecule has 0 saturated carbocycles. The van der Waals surface area contributed by atoms with Crippen LogP contribution in [0.15, 0.2) is 15.7 Å². The van der Waals surface area contributed by atoms with Gasteiger partial charge in [-0.2, -0.15) is 0 Å². The van der Waals surface area contributed by atoms with Gasteiger partial charge in [0.15, 0.2) is 0 Å². The van der Waals surface area contributed by atoms with E-state index in [-0.39, 0.29) is 10.9 Å². The molecule has 1 aromatic rings. The van der Waals surface area contributed by atoms with Crippen LogP contribution in [0, 0.1) is 0 Å². The Morgan fingerprint density at radius 1 is 1.50 bits per heavy atom. The minimum Gasteiger partial charge on any atom is -0.286 e. The number of aryl methyl sites for hydroxylation is 1. The van der Waals surface area contributed by atoms with Crippen LogP contribution in [0.25, 0.3) is 0 Å². The molecule has 2 nitrogen and oxygen atoms in total. The Balaban J connectivity index is 3.11. The van der Waals surface area contributed by atoms with E-state index in [1.165, 1.54) is 6.07 Å². The third-order valence-corrected chi connectivity index (χ3v) is 1.20. The van der Waals surface area contributed by atoms with E-state index in [2.05, 4.69) is 0 Å². The van der Waals surface area contributed by atoms with Crippen molar-refractivity contribution in [2.45, 2.75) is 13.3 Å². The number of hydrogen-bond acceptors (Lipinski definition) is 2. The van der Waals surface area contributed by atoms with Gasteiger partial charge < -0.3 is 0 Å². The molecule has 0 saturated heterocycles. The fourth-order valence-corrected chi connectivity index (χ4v) is 0.632. The van der Waals surface area contributed by atoms with Crippen LogP contribution >= 0.6 is 0 Å². The Morgan fingerprint density at radius 2 is 2.12 bits per heavy atom. The highest BCUT2D eigenvalue weighted by molar-refractivity contribution is 5.18. The largest absolute Gasteiger partial charge is 0.286 e. The first-order chi connectivity index (χ1) is 3.75. The second-order valence-corrected chi connectivity index (χ2v) is 1.72. The molecule has 0 fully saturated rings. The number of rotatable bonds is 1. The lowest BCUT2D eigenvalue weighted by molar-refractivity contribution is 1.07. The van der Waals surface area contributed by atoms with Crippen molar-refractivity contribution in [1.29, 1.82) is 0 Å². The van der Waals surface area contributed by atoms with Gasteiger partial charge in [0.1, 0.15) is 0 Å². The molecule has 0 spiro atoms. The standard InChI is InChI=1S/C6H6O2/c1-2-4-3-5(7)6(4)8/h3H,2H2,1H3. The fourth-order valence-electron chi connectivity index (χ4n) is 0.632. The molecule has 0 aliphatic heterocycles. The second-order valence-electron chi connectivity index (χ2n) is 1.72. The third kappa shape index (κ3) is 0.494. The van der Waals surface area contributed by atoms with Crippen molar-refractivity contribution in [3.8, 4) is 0 Å². The average molecular weight is 110 g/mol. The summed E-state index contributed by atoms with van der Waals surface area (Å²) in [6.07, 6.45) is 0.685. The van der Waals surface area contributed by atoms with Gasteiger partial charge in [0.25, 0.3) is 0 Å². The molecular weight excluding hydrogens is 104 g/mol. The SMILES string of the molecule is CCc1cc(=O)c1=O. The topological polar surface area (TPSA) is 34.1 Å². The molecule has 0 aliphatic rings.